The third-order valence-corrected chi connectivity index (χ3v) is 3.95. The fraction of sp³-hybridized carbons (Fsp3) is 0.286. The lowest BCUT2D eigenvalue weighted by Crippen LogP contribution is -2.14. The van der Waals surface area contributed by atoms with Gasteiger partial charge >= 0.3 is 0 Å². The first kappa shape index (κ1) is 11.4. The Kier molecular flexibility index (Phi) is 3.42. The van der Waals surface area contributed by atoms with Crippen molar-refractivity contribution >= 4 is 11.3 Å². The molecule has 0 aliphatic heterocycles. The molecule has 0 radical (unpaired) electrons. The minimum Gasteiger partial charge on any atom is -0.324 e. The third kappa shape index (κ3) is 2.34. The third-order valence-electron chi connectivity index (χ3n) is 3.05. The molecule has 2 aromatic rings. The minimum absolute atomic E-state index is 0.110. The summed E-state index contributed by atoms with van der Waals surface area (Å²) in [6.07, 6.45) is 0.933. The van der Waals surface area contributed by atoms with Gasteiger partial charge in [-0.2, -0.15) is 0 Å². The van der Waals surface area contributed by atoms with Crippen molar-refractivity contribution < 1.29 is 0 Å². The highest BCUT2D eigenvalue weighted by molar-refractivity contribution is 7.09. The SMILES string of the molecule is Cc1cccc(C(N)Cc2cccs2)c1C. The van der Waals surface area contributed by atoms with Gasteiger partial charge in [0.25, 0.3) is 0 Å². The molecular formula is C14H17NS. The van der Waals surface area contributed by atoms with Crippen LogP contribution >= 0.6 is 11.3 Å². The molecule has 0 amide bonds. The van der Waals surface area contributed by atoms with E-state index in [1.54, 1.807) is 11.3 Å². The van der Waals surface area contributed by atoms with Crippen LogP contribution in [0.4, 0.5) is 0 Å². The summed E-state index contributed by atoms with van der Waals surface area (Å²) in [5, 5.41) is 2.10. The van der Waals surface area contributed by atoms with E-state index in [0.717, 1.165) is 6.42 Å². The first-order valence-electron chi connectivity index (χ1n) is 5.52. The van der Waals surface area contributed by atoms with E-state index >= 15 is 0 Å². The van der Waals surface area contributed by atoms with Gasteiger partial charge in [0, 0.05) is 17.3 Å². The van der Waals surface area contributed by atoms with E-state index in [2.05, 4.69) is 49.6 Å². The summed E-state index contributed by atoms with van der Waals surface area (Å²) in [7, 11) is 0. The van der Waals surface area contributed by atoms with Crippen molar-refractivity contribution in [3.8, 4) is 0 Å². The molecule has 0 aliphatic rings. The average molecular weight is 231 g/mol. The van der Waals surface area contributed by atoms with Crippen LogP contribution in [0.15, 0.2) is 35.7 Å². The molecule has 0 spiro atoms. The number of hydrogen-bond donors (Lipinski definition) is 1. The van der Waals surface area contributed by atoms with Crippen molar-refractivity contribution in [3.63, 3.8) is 0 Å². The molecule has 0 bridgehead atoms. The van der Waals surface area contributed by atoms with Crippen LogP contribution in [0, 0.1) is 13.8 Å². The smallest absolute Gasteiger partial charge is 0.0346 e. The first-order valence-corrected chi connectivity index (χ1v) is 6.40. The van der Waals surface area contributed by atoms with Crippen LogP contribution in [0.3, 0.4) is 0 Å². The quantitative estimate of drug-likeness (QED) is 0.858. The number of thiophene rings is 1. The Morgan fingerprint density at radius 1 is 1.19 bits per heavy atom. The molecule has 2 heteroatoms. The van der Waals surface area contributed by atoms with Crippen LogP contribution in [0.25, 0.3) is 0 Å². The van der Waals surface area contributed by atoms with Gasteiger partial charge in [0.1, 0.15) is 0 Å². The molecule has 2 N–H and O–H groups in total. The second-order valence-corrected chi connectivity index (χ2v) is 5.21. The van der Waals surface area contributed by atoms with Gasteiger partial charge in [-0.05, 0) is 42.0 Å². The molecular weight excluding hydrogens is 214 g/mol. The zero-order valence-electron chi connectivity index (χ0n) is 9.73. The Morgan fingerprint density at radius 2 is 2.00 bits per heavy atom. The van der Waals surface area contributed by atoms with Crippen LogP contribution in [0.1, 0.15) is 27.6 Å². The topological polar surface area (TPSA) is 26.0 Å². The maximum absolute atomic E-state index is 6.26. The van der Waals surface area contributed by atoms with E-state index in [9.17, 15) is 0 Å². The Bertz CT molecular complexity index is 460. The van der Waals surface area contributed by atoms with Crippen LogP contribution in [-0.4, -0.2) is 0 Å². The van der Waals surface area contributed by atoms with Gasteiger partial charge < -0.3 is 5.73 Å². The molecule has 84 valence electrons. The fourth-order valence-electron chi connectivity index (χ4n) is 1.93. The van der Waals surface area contributed by atoms with Crippen molar-refractivity contribution in [2.24, 2.45) is 5.73 Å². The van der Waals surface area contributed by atoms with Crippen molar-refractivity contribution in [2.75, 3.05) is 0 Å². The first-order chi connectivity index (χ1) is 7.68. The maximum atomic E-state index is 6.26. The number of aryl methyl sites for hydroxylation is 1. The summed E-state index contributed by atoms with van der Waals surface area (Å²) in [6, 6.07) is 10.7. The van der Waals surface area contributed by atoms with Gasteiger partial charge in [0.05, 0.1) is 0 Å². The summed E-state index contributed by atoms with van der Waals surface area (Å²) in [5.74, 6) is 0. The van der Waals surface area contributed by atoms with Gasteiger partial charge in [-0.3, -0.25) is 0 Å². The second kappa shape index (κ2) is 4.81. The van der Waals surface area contributed by atoms with Crippen molar-refractivity contribution in [3.05, 3.63) is 57.3 Å². The van der Waals surface area contributed by atoms with Crippen molar-refractivity contribution in [2.45, 2.75) is 26.3 Å². The maximum Gasteiger partial charge on any atom is 0.0346 e. The van der Waals surface area contributed by atoms with E-state index < -0.39 is 0 Å². The van der Waals surface area contributed by atoms with Gasteiger partial charge in [-0.25, -0.2) is 0 Å². The number of benzene rings is 1. The van der Waals surface area contributed by atoms with E-state index in [1.165, 1.54) is 21.6 Å². The largest absolute Gasteiger partial charge is 0.324 e. The molecule has 0 fully saturated rings. The van der Waals surface area contributed by atoms with Gasteiger partial charge in [-0.15, -0.1) is 11.3 Å². The van der Waals surface area contributed by atoms with E-state index in [0.29, 0.717) is 0 Å². The van der Waals surface area contributed by atoms with Crippen LogP contribution < -0.4 is 5.73 Å². The lowest BCUT2D eigenvalue weighted by molar-refractivity contribution is 0.723. The lowest BCUT2D eigenvalue weighted by Gasteiger charge is -2.15. The zero-order chi connectivity index (χ0) is 11.5. The monoisotopic (exact) mass is 231 g/mol. The Morgan fingerprint density at radius 3 is 2.69 bits per heavy atom. The summed E-state index contributed by atoms with van der Waals surface area (Å²) < 4.78 is 0. The summed E-state index contributed by atoms with van der Waals surface area (Å²) in [4.78, 5) is 1.36. The number of hydrogen-bond acceptors (Lipinski definition) is 2. The molecule has 2 rings (SSSR count). The number of nitrogens with two attached hydrogens (primary N) is 1. The Balaban J connectivity index is 2.21. The molecule has 0 saturated carbocycles. The van der Waals surface area contributed by atoms with E-state index in [-0.39, 0.29) is 6.04 Å². The van der Waals surface area contributed by atoms with Crippen molar-refractivity contribution in [1.29, 1.82) is 0 Å². The fourth-order valence-corrected chi connectivity index (χ4v) is 2.70. The highest BCUT2D eigenvalue weighted by atomic mass is 32.1. The predicted molar refractivity (Wildman–Crippen MR) is 70.9 cm³/mol. The molecule has 1 heterocycles. The average Bonchev–Trinajstić information content (AvgIpc) is 2.74. The summed E-state index contributed by atoms with van der Waals surface area (Å²) >= 11 is 1.78. The lowest BCUT2D eigenvalue weighted by atomic mass is 9.96. The highest BCUT2D eigenvalue weighted by Crippen LogP contribution is 2.23. The number of rotatable bonds is 3. The molecule has 1 aromatic carbocycles. The van der Waals surface area contributed by atoms with Crippen molar-refractivity contribution in [1.82, 2.24) is 0 Å². The molecule has 1 nitrogen and oxygen atoms in total. The predicted octanol–water partition coefficient (Wildman–Crippen LogP) is 3.61. The molecule has 16 heavy (non-hydrogen) atoms. The summed E-state index contributed by atoms with van der Waals surface area (Å²) in [5.41, 5.74) is 10.2. The Hall–Kier alpha value is -1.12. The second-order valence-electron chi connectivity index (χ2n) is 4.18. The standard InChI is InChI=1S/C14H17NS/c1-10-5-3-7-13(11(10)2)14(15)9-12-6-4-8-16-12/h3-8,14H,9,15H2,1-2H3. The normalized spacial score (nSPS) is 12.7. The minimum atomic E-state index is 0.110. The Labute approximate surface area is 101 Å². The van der Waals surface area contributed by atoms with Crippen LogP contribution in [-0.2, 0) is 6.42 Å². The molecule has 0 saturated heterocycles. The molecule has 1 aromatic heterocycles. The van der Waals surface area contributed by atoms with Gasteiger partial charge in [-0.1, -0.05) is 24.3 Å². The highest BCUT2D eigenvalue weighted by Gasteiger charge is 2.11. The van der Waals surface area contributed by atoms with Gasteiger partial charge in [0.2, 0.25) is 0 Å². The van der Waals surface area contributed by atoms with E-state index in [1.807, 2.05) is 0 Å². The summed E-state index contributed by atoms with van der Waals surface area (Å²) in [6.45, 7) is 4.29. The molecule has 1 atom stereocenters. The molecule has 1 unspecified atom stereocenters. The molecule has 0 aliphatic carbocycles. The van der Waals surface area contributed by atoms with Crippen LogP contribution in [0.2, 0.25) is 0 Å². The van der Waals surface area contributed by atoms with E-state index in [4.69, 9.17) is 5.73 Å². The zero-order valence-corrected chi connectivity index (χ0v) is 10.6. The van der Waals surface area contributed by atoms with Gasteiger partial charge in [0.15, 0.2) is 0 Å². The van der Waals surface area contributed by atoms with Crippen LogP contribution in [0.5, 0.6) is 0 Å².